The summed E-state index contributed by atoms with van der Waals surface area (Å²) in [4.78, 5) is 0. The maximum atomic E-state index is 12.4. The predicted octanol–water partition coefficient (Wildman–Crippen LogP) is 3.61. The van der Waals surface area contributed by atoms with E-state index < -0.39 is 17.3 Å². The smallest absolute Gasteiger partial charge is 0.390 e. The molecule has 0 bridgehead atoms. The fraction of sp³-hybridized carbons (Fsp3) is 0.462. The summed E-state index contributed by atoms with van der Waals surface area (Å²) in [5.74, 6) is 0. The highest BCUT2D eigenvalue weighted by molar-refractivity contribution is 5.25. The molecule has 1 rings (SSSR count). The molecule has 0 aliphatic rings. The van der Waals surface area contributed by atoms with Crippen molar-refractivity contribution in [2.45, 2.75) is 38.0 Å². The molecule has 17 heavy (non-hydrogen) atoms. The molecule has 1 N–H and O–H groups in total. The Balaban J connectivity index is 2.74. The summed E-state index contributed by atoms with van der Waals surface area (Å²) < 4.78 is 37.3. The predicted molar refractivity (Wildman–Crippen MR) is 60.4 cm³/mol. The topological polar surface area (TPSA) is 20.2 Å². The van der Waals surface area contributed by atoms with Gasteiger partial charge in [-0.2, -0.15) is 13.2 Å². The van der Waals surface area contributed by atoms with Crippen molar-refractivity contribution in [1.29, 1.82) is 0 Å². The van der Waals surface area contributed by atoms with E-state index in [1.165, 1.54) is 6.07 Å². The average molecular weight is 245 g/mol. The van der Waals surface area contributed by atoms with Crippen LogP contribution in [0.5, 0.6) is 0 Å². The lowest BCUT2D eigenvalue weighted by Crippen LogP contribution is -2.23. The Hall–Kier alpha value is -1.03. The highest BCUT2D eigenvalue weighted by Gasteiger charge is 2.30. The lowest BCUT2D eigenvalue weighted by atomic mass is 9.94. The zero-order valence-electron chi connectivity index (χ0n) is 9.72. The van der Waals surface area contributed by atoms with Crippen LogP contribution in [0, 0.1) is 6.92 Å². The summed E-state index contributed by atoms with van der Waals surface area (Å²) >= 11 is 0. The average Bonchev–Trinajstić information content (AvgIpc) is 2.26. The van der Waals surface area contributed by atoms with Crippen LogP contribution in [0.25, 0.3) is 0 Å². The van der Waals surface area contributed by atoms with Crippen LogP contribution in [0.15, 0.2) is 24.3 Å². The van der Waals surface area contributed by atoms with E-state index in [9.17, 15) is 18.3 Å². The number of halogens is 3. The molecule has 1 aromatic rings. The third-order valence-corrected chi connectivity index (χ3v) is 2.75. The van der Waals surface area contributed by atoms with Gasteiger partial charge in [0, 0.05) is 0 Å². The van der Waals surface area contributed by atoms with Crippen molar-refractivity contribution in [2.75, 3.05) is 0 Å². The van der Waals surface area contributed by atoms with E-state index in [4.69, 9.17) is 0 Å². The Bertz CT molecular complexity index is 369. The first-order chi connectivity index (χ1) is 7.74. The number of hydrogen-bond acceptors (Lipinski definition) is 1. The first-order valence-electron chi connectivity index (χ1n) is 5.42. The summed E-state index contributed by atoms with van der Waals surface area (Å²) in [6, 6.07) is 5.19. The number of hydrogen-bond donors (Lipinski definition) is 1. The maximum absolute atomic E-state index is 12.4. The van der Waals surface area contributed by atoms with Crippen LogP contribution in [-0.4, -0.2) is 10.7 Å². The lowest BCUT2D eigenvalue weighted by Gasteiger charge is -2.21. The monoisotopic (exact) mass is 245 g/mol. The molecule has 0 heterocycles. The van der Waals surface area contributed by atoms with Gasteiger partial charge in [-0.3, -0.25) is 0 Å². The molecule has 0 saturated heterocycles. The van der Waals surface area contributed by atoms with E-state index in [0.29, 0.717) is 24.8 Å². The molecule has 0 amide bonds. The molecule has 0 saturated carbocycles. The molecule has 1 unspecified atom stereocenters. The molecule has 1 nitrogen and oxygen atoms in total. The van der Waals surface area contributed by atoms with Gasteiger partial charge in [-0.05, 0) is 37.8 Å². The maximum Gasteiger partial charge on any atom is 0.416 e. The quantitative estimate of drug-likeness (QED) is 0.859. The Labute approximate surface area is 99.3 Å². The van der Waals surface area contributed by atoms with Gasteiger partial charge < -0.3 is 5.11 Å². The molecular formula is C13H16F3O. The number of aliphatic hydroxyl groups is 1. The minimum Gasteiger partial charge on any atom is -0.390 e. The van der Waals surface area contributed by atoms with Gasteiger partial charge in [0.25, 0.3) is 0 Å². The second kappa shape index (κ2) is 5.08. The van der Waals surface area contributed by atoms with E-state index >= 15 is 0 Å². The van der Waals surface area contributed by atoms with E-state index in [0.717, 1.165) is 12.1 Å². The van der Waals surface area contributed by atoms with Gasteiger partial charge >= 0.3 is 6.18 Å². The van der Waals surface area contributed by atoms with Crippen LogP contribution in [0.1, 0.15) is 30.9 Å². The van der Waals surface area contributed by atoms with E-state index in [-0.39, 0.29) is 0 Å². The number of benzene rings is 1. The van der Waals surface area contributed by atoms with Gasteiger partial charge in [0.1, 0.15) is 0 Å². The summed E-state index contributed by atoms with van der Waals surface area (Å²) in [5.41, 5.74) is -0.994. The second-order valence-electron chi connectivity index (χ2n) is 4.45. The van der Waals surface area contributed by atoms with Gasteiger partial charge in [0.15, 0.2) is 0 Å². The van der Waals surface area contributed by atoms with Crippen LogP contribution in [-0.2, 0) is 12.6 Å². The van der Waals surface area contributed by atoms with Crippen molar-refractivity contribution >= 4 is 0 Å². The standard InChI is InChI=1S/C13H16F3O/c1-3-12(2,17)8-7-10-5-4-6-11(9-10)13(14,15)16/h4-6,9,17H,1,3,7-8H2,2H3. The minimum absolute atomic E-state index is 0.339. The Kier molecular flexibility index (Phi) is 4.20. The van der Waals surface area contributed by atoms with Crippen molar-refractivity contribution in [2.24, 2.45) is 0 Å². The molecule has 95 valence electrons. The third kappa shape index (κ3) is 4.38. The van der Waals surface area contributed by atoms with Crippen LogP contribution < -0.4 is 0 Å². The van der Waals surface area contributed by atoms with Crippen LogP contribution in [0.2, 0.25) is 0 Å². The molecule has 0 aromatic heterocycles. The zero-order chi connectivity index (χ0) is 13.1. The van der Waals surface area contributed by atoms with Gasteiger partial charge in [-0.25, -0.2) is 0 Å². The van der Waals surface area contributed by atoms with Crippen LogP contribution >= 0.6 is 0 Å². The van der Waals surface area contributed by atoms with Gasteiger partial charge in [0.2, 0.25) is 0 Å². The summed E-state index contributed by atoms with van der Waals surface area (Å²) in [7, 11) is 0. The number of aryl methyl sites for hydroxylation is 1. The van der Waals surface area contributed by atoms with E-state index in [2.05, 4.69) is 6.92 Å². The number of alkyl halides is 3. The Morgan fingerprint density at radius 2 is 1.94 bits per heavy atom. The van der Waals surface area contributed by atoms with Crippen molar-refractivity contribution in [3.05, 3.63) is 42.3 Å². The molecule has 1 aromatic carbocycles. The SMILES string of the molecule is [CH2]CC(C)(O)CCc1cccc(C(F)(F)F)c1. The van der Waals surface area contributed by atoms with E-state index in [1.807, 2.05) is 0 Å². The van der Waals surface area contributed by atoms with Crippen LogP contribution in [0.3, 0.4) is 0 Å². The number of rotatable bonds is 4. The summed E-state index contributed by atoms with van der Waals surface area (Å²) in [6.07, 6.45) is -3.17. The first-order valence-corrected chi connectivity index (χ1v) is 5.42. The Morgan fingerprint density at radius 3 is 2.47 bits per heavy atom. The molecule has 1 atom stereocenters. The first kappa shape index (κ1) is 14.0. The summed E-state index contributed by atoms with van der Waals surface area (Å²) in [5, 5.41) is 9.73. The molecular weight excluding hydrogens is 229 g/mol. The zero-order valence-corrected chi connectivity index (χ0v) is 9.72. The molecule has 4 heteroatoms. The summed E-state index contributed by atoms with van der Waals surface area (Å²) in [6.45, 7) is 5.23. The Morgan fingerprint density at radius 1 is 1.29 bits per heavy atom. The van der Waals surface area contributed by atoms with Crippen LogP contribution in [0.4, 0.5) is 13.2 Å². The van der Waals surface area contributed by atoms with Gasteiger partial charge in [-0.15, -0.1) is 0 Å². The molecule has 0 spiro atoms. The molecule has 1 radical (unpaired) electrons. The van der Waals surface area contributed by atoms with E-state index in [1.54, 1.807) is 13.0 Å². The highest BCUT2D eigenvalue weighted by atomic mass is 19.4. The van der Waals surface area contributed by atoms with Crippen molar-refractivity contribution in [3.8, 4) is 0 Å². The fourth-order valence-corrected chi connectivity index (χ4v) is 1.44. The van der Waals surface area contributed by atoms with Crippen molar-refractivity contribution < 1.29 is 18.3 Å². The second-order valence-corrected chi connectivity index (χ2v) is 4.45. The van der Waals surface area contributed by atoms with Gasteiger partial charge in [-0.1, -0.05) is 25.1 Å². The molecule has 0 aliphatic heterocycles. The fourth-order valence-electron chi connectivity index (χ4n) is 1.44. The third-order valence-electron chi connectivity index (χ3n) is 2.75. The lowest BCUT2D eigenvalue weighted by molar-refractivity contribution is -0.137. The normalized spacial score (nSPS) is 15.6. The van der Waals surface area contributed by atoms with Crippen molar-refractivity contribution in [1.82, 2.24) is 0 Å². The highest BCUT2D eigenvalue weighted by Crippen LogP contribution is 2.30. The van der Waals surface area contributed by atoms with Crippen molar-refractivity contribution in [3.63, 3.8) is 0 Å². The largest absolute Gasteiger partial charge is 0.416 e. The molecule has 0 fully saturated rings. The van der Waals surface area contributed by atoms with Gasteiger partial charge in [0.05, 0.1) is 11.2 Å². The molecule has 0 aliphatic carbocycles. The minimum atomic E-state index is -4.31.